The molecule has 2 saturated heterocycles. The molecule has 2 aromatic rings. The van der Waals surface area contributed by atoms with Gasteiger partial charge in [-0.2, -0.15) is 0 Å². The van der Waals surface area contributed by atoms with Gasteiger partial charge in [-0.05, 0) is 61.4 Å². The first-order valence-electron chi connectivity index (χ1n) is 22.9. The zero-order valence-electron chi connectivity index (χ0n) is 38.9. The fourth-order valence-corrected chi connectivity index (χ4v) is 13.7. The molecule has 18 nitrogen and oxygen atoms in total. The Bertz CT molecular complexity index is 2390. The summed E-state index contributed by atoms with van der Waals surface area (Å²) in [5.41, 5.74) is 0.733. The number of likely N-dealkylation sites (N-methyl/N-ethyl adjacent to an activating group) is 1. The molecule has 9 rings (SSSR count). The van der Waals surface area contributed by atoms with Crippen LogP contribution in [-0.4, -0.2) is 168 Å². The molecule has 3 fully saturated rings. The van der Waals surface area contributed by atoms with Crippen LogP contribution in [0, 0.1) is 11.3 Å². The van der Waals surface area contributed by atoms with E-state index in [9.17, 15) is 24.3 Å². The highest BCUT2D eigenvalue weighted by Crippen LogP contribution is 2.68. The largest absolute Gasteiger partial charge is 0.496 e. The maximum absolute atomic E-state index is 15.2. The number of esters is 3. The summed E-state index contributed by atoms with van der Waals surface area (Å²) in [7, 11) is 6.28. The van der Waals surface area contributed by atoms with E-state index < -0.39 is 70.1 Å². The summed E-state index contributed by atoms with van der Waals surface area (Å²) in [6.07, 6.45) is 3.28. The predicted molar refractivity (Wildman–Crippen MR) is 242 cm³/mol. The molecule has 0 amide bonds. The van der Waals surface area contributed by atoms with Gasteiger partial charge in [-0.25, -0.2) is 14.4 Å². The fourth-order valence-electron chi connectivity index (χ4n) is 13.7. The maximum atomic E-state index is 15.2. The summed E-state index contributed by atoms with van der Waals surface area (Å²) in [5, 5.41) is 49.7. The topological polar surface area (TPSA) is 245 Å². The first-order valence-corrected chi connectivity index (χ1v) is 22.9. The van der Waals surface area contributed by atoms with E-state index in [0.29, 0.717) is 38.1 Å². The lowest BCUT2D eigenvalue weighted by molar-refractivity contribution is -0.228. The minimum atomic E-state index is -2.27. The molecule has 6 N–H and O–H groups in total. The zero-order valence-corrected chi connectivity index (χ0v) is 38.9. The van der Waals surface area contributed by atoms with Crippen LogP contribution in [0.1, 0.15) is 69.1 Å². The van der Waals surface area contributed by atoms with E-state index in [4.69, 9.17) is 39.4 Å². The number of hydrogen-bond acceptors (Lipinski definition) is 16. The van der Waals surface area contributed by atoms with Crippen LogP contribution in [0.5, 0.6) is 5.75 Å². The molecule has 2 bridgehead atoms. The Labute approximate surface area is 389 Å². The summed E-state index contributed by atoms with van der Waals surface area (Å²) in [5.74, 6) is -4.75. The first-order chi connectivity index (χ1) is 31.8. The molecule has 0 radical (unpaired) electrons. The van der Waals surface area contributed by atoms with Gasteiger partial charge in [-0.1, -0.05) is 55.8 Å². The molecular formula is C49H62N4O14. The number of rotatable bonds is 10. The highest BCUT2D eigenvalue weighted by molar-refractivity contribution is 5.91. The van der Waals surface area contributed by atoms with Crippen molar-refractivity contribution in [1.82, 2.24) is 9.80 Å². The normalized spacial score (nSPS) is 34.9. The van der Waals surface area contributed by atoms with Gasteiger partial charge >= 0.3 is 29.8 Å². The summed E-state index contributed by atoms with van der Waals surface area (Å²) >= 11 is 0. The SMILES string of the molecule is CCC1=C[C@H]2CN(C1)CC1c3ccccc3NC1[C@@](C(=O)OC)(c1cc3c(cc1OC)N(C)[C@@H]1C34CCN3CC=C[C@](CC)([C@H]34)[C@@H](OC(C)=O)[C@]1(O)C(=O)OC)C2.O=C(O)[C@H](O)[C@@H](O)C(=O)O. The van der Waals surface area contributed by atoms with E-state index in [0.717, 1.165) is 48.6 Å². The van der Waals surface area contributed by atoms with Crippen molar-refractivity contribution in [2.45, 2.75) is 105 Å². The molecule has 67 heavy (non-hydrogen) atoms. The molecular weight excluding hydrogens is 869 g/mol. The van der Waals surface area contributed by atoms with Gasteiger partial charge in [-0.3, -0.25) is 19.4 Å². The smallest absolute Gasteiger partial charge is 0.344 e. The number of carboxylic acids is 2. The average Bonchev–Trinajstić information content (AvgIpc) is 3.97. The van der Waals surface area contributed by atoms with Crippen molar-refractivity contribution in [3.05, 3.63) is 76.9 Å². The second kappa shape index (κ2) is 17.5. The number of carbonyl (C=O) groups excluding carboxylic acids is 3. The van der Waals surface area contributed by atoms with Crippen molar-refractivity contribution in [3.8, 4) is 5.75 Å². The molecule has 0 aromatic heterocycles. The number of anilines is 2. The number of para-hydroxylation sites is 1. The van der Waals surface area contributed by atoms with Crippen LogP contribution >= 0.6 is 0 Å². The number of aliphatic hydroxyl groups is 3. The van der Waals surface area contributed by atoms with Crippen molar-refractivity contribution in [3.63, 3.8) is 0 Å². The van der Waals surface area contributed by atoms with Crippen molar-refractivity contribution in [2.24, 2.45) is 11.3 Å². The van der Waals surface area contributed by atoms with E-state index in [1.54, 1.807) is 7.11 Å². The van der Waals surface area contributed by atoms with Crippen molar-refractivity contribution < 1.29 is 68.5 Å². The van der Waals surface area contributed by atoms with Crippen LogP contribution in [0.3, 0.4) is 0 Å². The number of ether oxygens (including phenoxy) is 4. The second-order valence-corrected chi connectivity index (χ2v) is 19.1. The number of aliphatic carboxylic acids is 2. The molecule has 2 aromatic carbocycles. The Balaban J connectivity index is 0.000000547. The lowest BCUT2D eigenvalue weighted by atomic mass is 9.47. The van der Waals surface area contributed by atoms with E-state index >= 15 is 4.79 Å². The molecule has 6 heterocycles. The molecule has 1 saturated carbocycles. The molecule has 18 heteroatoms. The van der Waals surface area contributed by atoms with E-state index in [1.165, 1.54) is 32.3 Å². The minimum absolute atomic E-state index is 0.0363. The molecule has 1 aliphatic carbocycles. The number of carbonyl (C=O) groups is 5. The summed E-state index contributed by atoms with van der Waals surface area (Å²) in [6, 6.07) is 11.0. The van der Waals surface area contributed by atoms with Gasteiger partial charge in [0.1, 0.15) is 11.2 Å². The molecule has 1 spiro atoms. The Morgan fingerprint density at radius 1 is 0.925 bits per heavy atom. The number of nitrogens with zero attached hydrogens (tertiary/aromatic N) is 3. The molecule has 362 valence electrons. The third-order valence-electron chi connectivity index (χ3n) is 16.1. The van der Waals surface area contributed by atoms with Crippen LogP contribution in [0.25, 0.3) is 0 Å². The summed E-state index contributed by atoms with van der Waals surface area (Å²) in [6.45, 7) is 9.42. The standard InChI is InChI=1S/C45H56N4O8.C4H6O6/c1-8-27-19-28-22-44(40(51)55-6,36-30(25-48(23-27)24-28)29-13-10-11-14-33(29)46-36)32-20-31-34(21-35(32)54-5)47(4)38-43(31)16-18-49-17-12-15-42(9-2,37(43)49)39(57-26(3)50)45(38,53)41(52)56-7;5-1(3(7)8)2(6)4(9)10/h10-15,19-21,28,30,36-39,46,53H,8-9,16-18,22-25H2,1-7H3;1-2,5-6H,(H,7,8)(H,9,10)/t28-,30?,36?,37+,38-,39-,42-,43?,44+,45+;1-,2-/m11/s1. The van der Waals surface area contributed by atoms with Gasteiger partial charge in [0.2, 0.25) is 5.60 Å². The number of hydrogen-bond donors (Lipinski definition) is 6. The van der Waals surface area contributed by atoms with Crippen LogP contribution in [0.2, 0.25) is 0 Å². The van der Waals surface area contributed by atoms with E-state index in [1.807, 2.05) is 31.0 Å². The predicted octanol–water partition coefficient (Wildman–Crippen LogP) is 2.18. The Kier molecular flexibility index (Phi) is 12.5. The fraction of sp³-hybridized carbons (Fsp3) is 0.571. The Morgan fingerprint density at radius 2 is 1.61 bits per heavy atom. The van der Waals surface area contributed by atoms with Gasteiger partial charge in [-0.15, -0.1) is 0 Å². The number of benzene rings is 2. The van der Waals surface area contributed by atoms with Crippen LogP contribution < -0.4 is 15.0 Å². The summed E-state index contributed by atoms with van der Waals surface area (Å²) < 4.78 is 24.0. The lowest BCUT2D eigenvalue weighted by Gasteiger charge is -2.63. The molecule has 13 atom stereocenters. The number of methoxy groups -OCH3 is 3. The third kappa shape index (κ3) is 6.95. The van der Waals surface area contributed by atoms with Crippen LogP contribution in [0.15, 0.2) is 60.2 Å². The van der Waals surface area contributed by atoms with Crippen LogP contribution in [0.4, 0.5) is 11.4 Å². The first kappa shape index (κ1) is 47.9. The van der Waals surface area contributed by atoms with Crippen molar-refractivity contribution >= 4 is 41.2 Å². The maximum Gasteiger partial charge on any atom is 0.344 e. The Morgan fingerprint density at radius 3 is 2.22 bits per heavy atom. The van der Waals surface area contributed by atoms with Gasteiger partial charge in [0.15, 0.2) is 18.3 Å². The van der Waals surface area contributed by atoms with Gasteiger partial charge in [0, 0.05) is 85.9 Å². The Hall–Kier alpha value is -5.53. The summed E-state index contributed by atoms with van der Waals surface area (Å²) in [4.78, 5) is 69.0. The third-order valence-corrected chi connectivity index (χ3v) is 16.1. The monoisotopic (exact) mass is 930 g/mol. The quantitative estimate of drug-likeness (QED) is 0.114. The number of aliphatic hydroxyl groups excluding tert-OH is 2. The second-order valence-electron chi connectivity index (χ2n) is 19.1. The number of nitrogens with one attached hydrogen (secondary N) is 1. The zero-order chi connectivity index (χ0) is 48.5. The number of fused-ring (bicyclic) bond motifs is 6. The van der Waals surface area contributed by atoms with Crippen molar-refractivity contribution in [1.29, 1.82) is 0 Å². The molecule has 7 aliphatic rings. The van der Waals surface area contributed by atoms with E-state index in [2.05, 4.69) is 64.5 Å². The molecule has 6 aliphatic heterocycles. The van der Waals surface area contributed by atoms with Crippen LogP contribution in [-0.2, 0) is 49.0 Å². The highest BCUT2D eigenvalue weighted by Gasteiger charge is 2.80. The number of carboxylic acid groups (broad SMARTS) is 2. The van der Waals surface area contributed by atoms with Crippen molar-refractivity contribution in [2.75, 3.05) is 71.3 Å². The average molecular weight is 931 g/mol. The van der Waals surface area contributed by atoms with E-state index in [-0.39, 0.29) is 29.9 Å². The van der Waals surface area contributed by atoms with Gasteiger partial charge in [0.05, 0.1) is 33.4 Å². The highest BCUT2D eigenvalue weighted by atomic mass is 16.6. The van der Waals surface area contributed by atoms with Gasteiger partial charge < -0.3 is 54.7 Å². The minimum Gasteiger partial charge on any atom is -0.496 e. The molecule has 4 unspecified atom stereocenters. The van der Waals surface area contributed by atoms with Gasteiger partial charge in [0.25, 0.3) is 0 Å². The lowest BCUT2D eigenvalue weighted by Crippen LogP contribution is -2.81.